The predicted octanol–water partition coefficient (Wildman–Crippen LogP) is 4.93. The number of pyridine rings is 1. The van der Waals surface area contributed by atoms with E-state index in [0.29, 0.717) is 50.8 Å². The Kier molecular flexibility index (Phi) is 7.60. The van der Waals surface area contributed by atoms with Crippen LogP contribution in [0, 0.1) is 0 Å². The smallest absolute Gasteiger partial charge is 0.431 e. The maximum absolute atomic E-state index is 12.7. The van der Waals surface area contributed by atoms with Gasteiger partial charge in [0, 0.05) is 53.1 Å². The zero-order valence-corrected chi connectivity index (χ0v) is 24.0. The highest BCUT2D eigenvalue weighted by molar-refractivity contribution is 6.47. The van der Waals surface area contributed by atoms with Crippen LogP contribution < -0.4 is 20.1 Å². The third-order valence-electron chi connectivity index (χ3n) is 6.75. The molecule has 0 fully saturated rings. The first kappa shape index (κ1) is 28.3. The molecular formula is C31H26BN7O5. The van der Waals surface area contributed by atoms with Gasteiger partial charge in [-0.3, -0.25) is 19.2 Å². The largest absolute Gasteiger partial charge is 0.493 e. The van der Waals surface area contributed by atoms with Crippen molar-refractivity contribution in [1.82, 2.24) is 24.6 Å². The van der Waals surface area contributed by atoms with Crippen LogP contribution in [-0.4, -0.2) is 55.7 Å². The minimum absolute atomic E-state index is 0.223. The molecule has 3 aromatic heterocycles. The number of anilines is 3. The maximum atomic E-state index is 12.7. The quantitative estimate of drug-likeness (QED) is 0.127. The van der Waals surface area contributed by atoms with Gasteiger partial charge in [-0.2, -0.15) is 5.10 Å². The molecule has 0 aliphatic heterocycles. The van der Waals surface area contributed by atoms with Crippen molar-refractivity contribution in [2.45, 2.75) is 13.7 Å². The fraction of sp³-hybridized carbons (Fsp3) is 0.0968. The van der Waals surface area contributed by atoms with Crippen LogP contribution >= 0.6 is 0 Å². The molecule has 1 amide bonds. The van der Waals surface area contributed by atoms with E-state index in [9.17, 15) is 14.6 Å². The minimum atomic E-state index is -0.778. The van der Waals surface area contributed by atoms with E-state index in [1.165, 1.54) is 24.8 Å². The Morgan fingerprint density at radius 1 is 0.955 bits per heavy atom. The van der Waals surface area contributed by atoms with Crippen LogP contribution in [0.25, 0.3) is 33.2 Å². The third-order valence-corrected chi connectivity index (χ3v) is 6.75. The van der Waals surface area contributed by atoms with Crippen molar-refractivity contribution in [3.05, 3.63) is 90.9 Å². The number of hydrogen-bond donors (Lipinski definition) is 3. The minimum Gasteiger partial charge on any atom is -0.493 e. The van der Waals surface area contributed by atoms with Crippen molar-refractivity contribution in [2.75, 3.05) is 17.7 Å². The molecule has 3 N–H and O–H groups in total. The Labute approximate surface area is 251 Å². The van der Waals surface area contributed by atoms with Crippen molar-refractivity contribution in [3.8, 4) is 22.9 Å². The van der Waals surface area contributed by atoms with E-state index in [1.807, 2.05) is 24.3 Å². The summed E-state index contributed by atoms with van der Waals surface area (Å²) < 4.78 is 12.4. The summed E-state index contributed by atoms with van der Waals surface area (Å²) in [6, 6.07) is 19.5. The number of aromatic nitrogens is 5. The monoisotopic (exact) mass is 587 g/mol. The topological polar surface area (TPSA) is 153 Å². The van der Waals surface area contributed by atoms with Gasteiger partial charge in [-0.1, -0.05) is 12.1 Å². The van der Waals surface area contributed by atoms with Gasteiger partial charge in [0.05, 0.1) is 29.9 Å². The van der Waals surface area contributed by atoms with Crippen LogP contribution in [0.2, 0.25) is 6.82 Å². The number of carbonyl (C=O) groups is 2. The first-order chi connectivity index (χ1) is 21.3. The molecule has 12 nitrogen and oxygen atoms in total. The van der Waals surface area contributed by atoms with Gasteiger partial charge in [0.2, 0.25) is 0 Å². The summed E-state index contributed by atoms with van der Waals surface area (Å²) in [4.78, 5) is 38.2. The van der Waals surface area contributed by atoms with Crippen LogP contribution in [0.15, 0.2) is 85.3 Å². The number of nitrogens with zero attached hydrogens (tertiary/aromatic N) is 5. The molecule has 0 aliphatic rings. The fourth-order valence-electron chi connectivity index (χ4n) is 4.76. The van der Waals surface area contributed by atoms with Gasteiger partial charge < -0.3 is 25.1 Å². The number of fused-ring (bicyclic) bond motifs is 2. The highest BCUT2D eigenvalue weighted by Gasteiger charge is 2.18. The van der Waals surface area contributed by atoms with Crippen molar-refractivity contribution in [3.63, 3.8) is 0 Å². The molecule has 3 aromatic carbocycles. The lowest BCUT2D eigenvalue weighted by Crippen LogP contribution is -2.20. The Balaban J connectivity index is 1.44. The summed E-state index contributed by atoms with van der Waals surface area (Å²) in [5.74, 6) is 0.568. The SMILES string of the molecule is COc1cc2nc(-c3cccc(NC(=O)c4cccnc4)c3)nc(Nc3ccc4c(cnn4B(C)O)c3)c2cc1OC(C)=O. The van der Waals surface area contributed by atoms with Gasteiger partial charge in [-0.15, -0.1) is 0 Å². The van der Waals surface area contributed by atoms with E-state index in [0.717, 1.165) is 10.9 Å². The molecule has 3 heterocycles. The molecule has 0 unspecified atom stereocenters. The van der Waals surface area contributed by atoms with E-state index in [2.05, 4.69) is 20.7 Å². The molecule has 218 valence electrons. The molecule has 6 rings (SSSR count). The molecule has 0 saturated carbocycles. The van der Waals surface area contributed by atoms with E-state index >= 15 is 0 Å². The van der Waals surface area contributed by atoms with E-state index < -0.39 is 13.0 Å². The van der Waals surface area contributed by atoms with Gasteiger partial charge in [-0.25, -0.2) is 9.97 Å². The van der Waals surface area contributed by atoms with Crippen molar-refractivity contribution in [1.29, 1.82) is 0 Å². The molecule has 0 aliphatic carbocycles. The standard InChI is InChI=1S/C31H26BN7O5/c1-18(40)44-28-14-24-25(15-27(28)43-3)37-29(19-6-4-8-22(12-19)36-31(41)20-7-5-11-33-16-20)38-30(24)35-23-9-10-26-21(13-23)17-34-39(26)32(2)42/h4-17,42H,1-3H3,(H,36,41)(H,35,37,38). The molecule has 0 spiro atoms. The summed E-state index contributed by atoms with van der Waals surface area (Å²) in [5.41, 5.74) is 3.63. The summed E-state index contributed by atoms with van der Waals surface area (Å²) >= 11 is 0. The number of methoxy groups -OCH3 is 1. The van der Waals surface area contributed by atoms with Gasteiger partial charge in [0.1, 0.15) is 5.82 Å². The first-order valence-electron chi connectivity index (χ1n) is 13.6. The van der Waals surface area contributed by atoms with Crippen LogP contribution in [0.3, 0.4) is 0 Å². The summed E-state index contributed by atoms with van der Waals surface area (Å²) in [5, 5.41) is 21.9. The zero-order valence-electron chi connectivity index (χ0n) is 24.0. The summed E-state index contributed by atoms with van der Waals surface area (Å²) in [6.45, 7) is 2.95. The number of benzene rings is 3. The second-order valence-electron chi connectivity index (χ2n) is 9.91. The Morgan fingerprint density at radius 3 is 2.57 bits per heavy atom. The molecule has 6 aromatic rings. The Bertz CT molecular complexity index is 2030. The van der Waals surface area contributed by atoms with Crippen molar-refractivity contribution in [2.24, 2.45) is 0 Å². The lowest BCUT2D eigenvalue weighted by molar-refractivity contribution is -0.132. The van der Waals surface area contributed by atoms with Crippen LogP contribution in [0.1, 0.15) is 17.3 Å². The normalized spacial score (nSPS) is 10.9. The number of ether oxygens (including phenoxy) is 2. The highest BCUT2D eigenvalue weighted by Crippen LogP contribution is 2.37. The average Bonchev–Trinajstić information content (AvgIpc) is 3.45. The number of esters is 1. The average molecular weight is 587 g/mol. The number of rotatable bonds is 8. The van der Waals surface area contributed by atoms with Crippen molar-refractivity contribution >= 4 is 57.9 Å². The van der Waals surface area contributed by atoms with Crippen molar-refractivity contribution < 1.29 is 24.1 Å². The maximum Gasteiger partial charge on any atom is 0.431 e. The number of carbonyl (C=O) groups excluding carboxylic acids is 2. The molecule has 0 atom stereocenters. The van der Waals surface area contributed by atoms with Crippen LogP contribution in [-0.2, 0) is 4.79 Å². The zero-order chi connectivity index (χ0) is 30.8. The highest BCUT2D eigenvalue weighted by atomic mass is 16.6. The molecule has 0 radical (unpaired) electrons. The fourth-order valence-corrected chi connectivity index (χ4v) is 4.76. The second kappa shape index (κ2) is 11.8. The molecule has 13 heteroatoms. The number of nitrogens with one attached hydrogen (secondary N) is 2. The van der Waals surface area contributed by atoms with Gasteiger partial charge in [0.15, 0.2) is 17.3 Å². The molecule has 0 bridgehead atoms. The summed E-state index contributed by atoms with van der Waals surface area (Å²) in [6.07, 6.45) is 4.77. The van der Waals surface area contributed by atoms with E-state index in [-0.39, 0.29) is 11.7 Å². The second-order valence-corrected chi connectivity index (χ2v) is 9.91. The van der Waals surface area contributed by atoms with Crippen LogP contribution in [0.5, 0.6) is 11.5 Å². The lowest BCUT2D eigenvalue weighted by Gasteiger charge is -2.15. The van der Waals surface area contributed by atoms with Gasteiger partial charge >= 0.3 is 13.0 Å². The predicted molar refractivity (Wildman–Crippen MR) is 167 cm³/mol. The molecule has 0 saturated heterocycles. The van der Waals surface area contributed by atoms with E-state index in [4.69, 9.17) is 19.4 Å². The Morgan fingerprint density at radius 2 is 1.82 bits per heavy atom. The first-order valence-corrected chi connectivity index (χ1v) is 13.6. The van der Waals surface area contributed by atoms with Crippen LogP contribution in [0.4, 0.5) is 17.2 Å². The molecule has 44 heavy (non-hydrogen) atoms. The Hall–Kier alpha value is -5.82. The van der Waals surface area contributed by atoms with E-state index in [1.54, 1.807) is 61.7 Å². The summed E-state index contributed by atoms with van der Waals surface area (Å²) in [7, 11) is 0.700. The number of hydrogen-bond acceptors (Lipinski definition) is 10. The third kappa shape index (κ3) is 5.76. The molecular weight excluding hydrogens is 561 g/mol. The van der Waals surface area contributed by atoms with Gasteiger partial charge in [0.25, 0.3) is 5.91 Å². The number of amides is 1. The lowest BCUT2D eigenvalue weighted by atomic mass is 9.89. The van der Waals surface area contributed by atoms with Gasteiger partial charge in [-0.05, 0) is 55.4 Å².